The van der Waals surface area contributed by atoms with Gasteiger partial charge in [-0.05, 0) is 0 Å². The molecule has 17 heteroatoms. The zero-order valence-corrected chi connectivity index (χ0v) is 19.7. The zero-order chi connectivity index (χ0) is 27.6. The van der Waals surface area contributed by atoms with Gasteiger partial charge in [0.15, 0.2) is 18.9 Å². The summed E-state index contributed by atoms with van der Waals surface area (Å²) < 4.78 is 27.0. The first-order chi connectivity index (χ1) is 17.4. The van der Waals surface area contributed by atoms with Crippen LogP contribution >= 0.6 is 0 Å². The average Bonchev–Trinajstić information content (AvgIpc) is 2.86. The number of hydrogen-bond acceptors (Lipinski definition) is 16. The Labute approximate surface area is 210 Å². The predicted molar refractivity (Wildman–Crippen MR) is 113 cm³/mol. The van der Waals surface area contributed by atoms with Crippen LogP contribution in [0.2, 0.25) is 0 Å². The third kappa shape index (κ3) is 6.55. The van der Waals surface area contributed by atoms with E-state index in [4.69, 9.17) is 23.7 Å². The van der Waals surface area contributed by atoms with Crippen molar-refractivity contribution in [3.8, 4) is 0 Å². The third-order valence-electron chi connectivity index (χ3n) is 6.47. The Morgan fingerprint density at radius 3 is 1.86 bits per heavy atom. The van der Waals surface area contributed by atoms with Crippen molar-refractivity contribution >= 4 is 5.91 Å². The van der Waals surface area contributed by atoms with Crippen LogP contribution in [-0.2, 0) is 28.5 Å². The van der Waals surface area contributed by atoms with Gasteiger partial charge in [-0.1, -0.05) is 0 Å². The Morgan fingerprint density at radius 1 is 0.703 bits per heavy atom. The van der Waals surface area contributed by atoms with E-state index in [1.807, 2.05) is 0 Å². The van der Waals surface area contributed by atoms with Gasteiger partial charge in [0.25, 0.3) is 0 Å². The number of aliphatic hydroxyl groups is 10. The van der Waals surface area contributed by atoms with Gasteiger partial charge in [-0.25, -0.2) is 0 Å². The van der Waals surface area contributed by atoms with Gasteiger partial charge in [0, 0.05) is 6.92 Å². The molecule has 216 valence electrons. The minimum absolute atomic E-state index is 0.564. The predicted octanol–water partition coefficient (Wildman–Crippen LogP) is -7.43. The van der Waals surface area contributed by atoms with Crippen LogP contribution < -0.4 is 5.32 Å². The van der Waals surface area contributed by atoms with E-state index in [0.29, 0.717) is 0 Å². The monoisotopic (exact) mass is 545 g/mol. The molecule has 11 N–H and O–H groups in total. The quantitative estimate of drug-likeness (QED) is 0.135. The van der Waals surface area contributed by atoms with Crippen LogP contribution in [0, 0.1) is 0 Å². The Kier molecular flexibility index (Phi) is 10.5. The molecule has 3 rings (SSSR count). The Bertz CT molecular complexity index is 745. The number of hydrogen-bond donors (Lipinski definition) is 11. The Balaban J connectivity index is 1.74. The van der Waals surface area contributed by atoms with E-state index < -0.39 is 118 Å². The standard InChI is InChI=1S/C20H35NO16/c1-5(24)21-9-12(27)17(37-20-16(31)14(29)10(25)6(2-22)35-20)7(3-23)36-19(9)33-4-8-11(26)13(28)15(30)18(32)34-8/h6-20,22-23,25-32H,2-4H2,1H3,(H,21,24)/t6-,7-,8-,9+,10+,11+,12-,13+,14+,15-,16-,17-,18+,19-,20+/m1/s1. The minimum atomic E-state index is -1.84. The maximum Gasteiger partial charge on any atom is 0.217 e. The highest BCUT2D eigenvalue weighted by Gasteiger charge is 2.52. The van der Waals surface area contributed by atoms with Crippen LogP contribution in [0.25, 0.3) is 0 Å². The molecule has 0 spiro atoms. The number of rotatable bonds is 8. The zero-order valence-electron chi connectivity index (χ0n) is 19.7. The maximum atomic E-state index is 11.8. The Morgan fingerprint density at radius 2 is 1.27 bits per heavy atom. The van der Waals surface area contributed by atoms with E-state index in [0.717, 1.165) is 6.92 Å². The van der Waals surface area contributed by atoms with Crippen molar-refractivity contribution in [2.45, 2.75) is 99.0 Å². The highest BCUT2D eigenvalue weighted by molar-refractivity contribution is 5.73. The first-order valence-electron chi connectivity index (χ1n) is 11.6. The van der Waals surface area contributed by atoms with Gasteiger partial charge < -0.3 is 80.1 Å². The molecule has 3 heterocycles. The first-order valence-corrected chi connectivity index (χ1v) is 11.6. The molecule has 3 saturated heterocycles. The fourth-order valence-corrected chi connectivity index (χ4v) is 4.36. The molecule has 3 fully saturated rings. The average molecular weight is 545 g/mol. The molecule has 0 aromatic rings. The fourth-order valence-electron chi connectivity index (χ4n) is 4.36. The van der Waals surface area contributed by atoms with Gasteiger partial charge in [-0.3, -0.25) is 4.79 Å². The lowest BCUT2D eigenvalue weighted by Crippen LogP contribution is -2.68. The van der Waals surface area contributed by atoms with Crippen LogP contribution in [0.15, 0.2) is 0 Å². The van der Waals surface area contributed by atoms with Crippen molar-refractivity contribution in [3.63, 3.8) is 0 Å². The Hall–Kier alpha value is -1.13. The van der Waals surface area contributed by atoms with Gasteiger partial charge in [0.1, 0.15) is 73.2 Å². The van der Waals surface area contributed by atoms with Crippen molar-refractivity contribution < 1.29 is 79.5 Å². The molecule has 17 nitrogen and oxygen atoms in total. The van der Waals surface area contributed by atoms with Crippen molar-refractivity contribution in [3.05, 3.63) is 0 Å². The summed E-state index contributed by atoms with van der Waals surface area (Å²) in [7, 11) is 0. The van der Waals surface area contributed by atoms with Gasteiger partial charge in [0.05, 0.1) is 19.8 Å². The molecule has 3 aliphatic rings. The highest BCUT2D eigenvalue weighted by Crippen LogP contribution is 2.30. The minimum Gasteiger partial charge on any atom is -0.394 e. The molecule has 0 aliphatic carbocycles. The maximum absolute atomic E-state index is 11.8. The molecule has 0 aromatic heterocycles. The van der Waals surface area contributed by atoms with E-state index in [2.05, 4.69) is 5.32 Å². The summed E-state index contributed by atoms with van der Waals surface area (Å²) in [6.45, 7) is -0.959. The lowest BCUT2D eigenvalue weighted by Gasteiger charge is -2.47. The second-order valence-corrected chi connectivity index (χ2v) is 9.11. The molecule has 0 bridgehead atoms. The van der Waals surface area contributed by atoms with E-state index in [9.17, 15) is 55.9 Å². The smallest absolute Gasteiger partial charge is 0.217 e. The topological polar surface area (TPSA) is 278 Å². The summed E-state index contributed by atoms with van der Waals surface area (Å²) in [6.07, 6.45) is -22.7. The summed E-state index contributed by atoms with van der Waals surface area (Å²) in [5.74, 6) is -0.641. The summed E-state index contributed by atoms with van der Waals surface area (Å²) in [5, 5.41) is 102. The number of carbonyl (C=O) groups is 1. The second kappa shape index (κ2) is 12.8. The first kappa shape index (κ1) is 30.4. The molecular formula is C20H35NO16. The number of carbonyl (C=O) groups excluding carboxylic acids is 1. The summed E-state index contributed by atoms with van der Waals surface area (Å²) in [5.41, 5.74) is 0. The second-order valence-electron chi connectivity index (χ2n) is 9.11. The summed E-state index contributed by atoms with van der Waals surface area (Å²) in [4.78, 5) is 11.8. The van der Waals surface area contributed by atoms with Gasteiger partial charge >= 0.3 is 0 Å². The normalized spacial score (nSPS) is 49.0. The van der Waals surface area contributed by atoms with E-state index in [1.54, 1.807) is 0 Å². The molecule has 0 radical (unpaired) electrons. The van der Waals surface area contributed by atoms with E-state index in [1.165, 1.54) is 0 Å². The van der Waals surface area contributed by atoms with Crippen LogP contribution in [-0.4, -0.2) is 169 Å². The molecule has 0 saturated carbocycles. The molecule has 0 unspecified atom stereocenters. The number of aliphatic hydroxyl groups excluding tert-OH is 10. The lowest BCUT2D eigenvalue weighted by atomic mass is 9.95. The van der Waals surface area contributed by atoms with Crippen LogP contribution in [0.5, 0.6) is 0 Å². The van der Waals surface area contributed by atoms with Gasteiger partial charge in [0.2, 0.25) is 5.91 Å². The van der Waals surface area contributed by atoms with E-state index >= 15 is 0 Å². The number of amides is 1. The summed E-state index contributed by atoms with van der Waals surface area (Å²) in [6, 6.07) is -1.38. The van der Waals surface area contributed by atoms with Gasteiger partial charge in [-0.2, -0.15) is 0 Å². The van der Waals surface area contributed by atoms with Crippen molar-refractivity contribution in [1.82, 2.24) is 5.32 Å². The largest absolute Gasteiger partial charge is 0.394 e. The lowest BCUT2D eigenvalue weighted by molar-refractivity contribution is -0.352. The van der Waals surface area contributed by atoms with Crippen molar-refractivity contribution in [2.24, 2.45) is 0 Å². The SMILES string of the molecule is CC(=O)N[C@@H]1[C@H](OC[C@H]2O[C@H](O)[C@H](O)[C@@H](O)[C@H]2O)O[C@H](CO)[C@@H](O[C@@H]2O[C@H](CO)[C@H](O)[C@H](O)[C@H]2O)[C@@H]1O. The highest BCUT2D eigenvalue weighted by atomic mass is 16.7. The molecule has 0 aromatic carbocycles. The van der Waals surface area contributed by atoms with Crippen LogP contribution in [0.4, 0.5) is 0 Å². The molecular weight excluding hydrogens is 510 g/mol. The van der Waals surface area contributed by atoms with Crippen LogP contribution in [0.1, 0.15) is 6.92 Å². The van der Waals surface area contributed by atoms with Crippen molar-refractivity contribution in [2.75, 3.05) is 19.8 Å². The van der Waals surface area contributed by atoms with Crippen LogP contribution in [0.3, 0.4) is 0 Å². The number of ether oxygens (including phenoxy) is 5. The fraction of sp³-hybridized carbons (Fsp3) is 0.950. The van der Waals surface area contributed by atoms with Gasteiger partial charge in [-0.15, -0.1) is 0 Å². The molecule has 37 heavy (non-hydrogen) atoms. The van der Waals surface area contributed by atoms with Crippen molar-refractivity contribution in [1.29, 1.82) is 0 Å². The molecule has 15 atom stereocenters. The van der Waals surface area contributed by atoms with E-state index in [-0.39, 0.29) is 0 Å². The molecule has 3 aliphatic heterocycles. The third-order valence-corrected chi connectivity index (χ3v) is 6.47. The molecule has 1 amide bonds. The summed E-state index contributed by atoms with van der Waals surface area (Å²) >= 11 is 0. The number of nitrogens with one attached hydrogen (secondary N) is 1.